The number of hydrogen-bond acceptors (Lipinski definition) is 4. The molecule has 1 aliphatic carbocycles. The summed E-state index contributed by atoms with van der Waals surface area (Å²) in [4.78, 5) is 12.9. The lowest BCUT2D eigenvalue weighted by Gasteiger charge is -2.27. The summed E-state index contributed by atoms with van der Waals surface area (Å²) in [6.07, 6.45) is 5.85. The maximum Gasteiger partial charge on any atom is 0.277 e. The topological polar surface area (TPSA) is 87.6 Å². The Labute approximate surface area is 157 Å². The van der Waals surface area contributed by atoms with Crippen LogP contribution in [-0.2, 0) is 19.4 Å². The van der Waals surface area contributed by atoms with Gasteiger partial charge in [0, 0.05) is 36.8 Å². The summed E-state index contributed by atoms with van der Waals surface area (Å²) < 4.78 is 1.94. The van der Waals surface area contributed by atoms with Crippen LogP contribution in [0.4, 0.5) is 5.82 Å². The number of fused-ring (bicyclic) bond motifs is 2. The molecule has 1 amide bonds. The molecule has 1 aliphatic heterocycles. The third-order valence-electron chi connectivity index (χ3n) is 5.57. The van der Waals surface area contributed by atoms with E-state index in [4.69, 9.17) is 0 Å². The third-order valence-corrected chi connectivity index (χ3v) is 5.57. The zero-order valence-electron chi connectivity index (χ0n) is 15.0. The number of rotatable bonds is 3. The highest BCUT2D eigenvalue weighted by molar-refractivity contribution is 6.03. The minimum atomic E-state index is -0.193. The Bertz CT molecular complexity index is 988. The van der Waals surface area contributed by atoms with Crippen molar-refractivity contribution in [1.29, 1.82) is 0 Å². The van der Waals surface area contributed by atoms with Crippen LogP contribution >= 0.6 is 0 Å². The molecule has 27 heavy (non-hydrogen) atoms. The lowest BCUT2D eigenvalue weighted by molar-refractivity contribution is 0.102. The Balaban J connectivity index is 1.43. The molecule has 1 aromatic carbocycles. The van der Waals surface area contributed by atoms with Crippen molar-refractivity contribution < 1.29 is 4.79 Å². The molecule has 1 unspecified atom stereocenters. The number of aromatic amines is 1. The molecule has 2 aliphatic rings. The van der Waals surface area contributed by atoms with E-state index in [1.807, 2.05) is 10.7 Å². The number of aromatic nitrogens is 4. The summed E-state index contributed by atoms with van der Waals surface area (Å²) in [6.45, 7) is 1.58. The number of carbonyl (C=O) groups is 1. The van der Waals surface area contributed by atoms with Crippen LogP contribution in [-0.4, -0.2) is 32.4 Å². The molecule has 7 nitrogen and oxygen atoms in total. The first-order valence-electron chi connectivity index (χ1n) is 9.51. The number of nitrogens with zero attached hydrogens (tertiary/aromatic N) is 3. The summed E-state index contributed by atoms with van der Waals surface area (Å²) in [7, 11) is 0. The van der Waals surface area contributed by atoms with Gasteiger partial charge in [0.25, 0.3) is 5.91 Å². The monoisotopic (exact) mass is 362 g/mol. The number of H-pyrrole nitrogens is 1. The second kappa shape index (κ2) is 6.66. The first-order chi connectivity index (χ1) is 13.3. The Morgan fingerprint density at radius 2 is 2.15 bits per heavy atom. The zero-order valence-corrected chi connectivity index (χ0v) is 15.0. The summed E-state index contributed by atoms with van der Waals surface area (Å²) in [5, 5.41) is 18.1. The van der Waals surface area contributed by atoms with Gasteiger partial charge in [-0.3, -0.25) is 9.89 Å². The van der Waals surface area contributed by atoms with Gasteiger partial charge in [-0.2, -0.15) is 10.2 Å². The summed E-state index contributed by atoms with van der Waals surface area (Å²) in [5.41, 5.74) is 5.15. The smallest absolute Gasteiger partial charge is 0.277 e. The first-order valence-corrected chi connectivity index (χ1v) is 9.51. The standard InChI is InChI=1S/C20H22N6O/c27-20(19-15-12-21-10-8-16(15)24-25-19)23-18-9-11-22-26(18)17-7-3-5-13-4-1-2-6-14(13)17/h1-2,4,6,9,11,17,21H,3,5,7-8,10,12H2,(H,23,27)(H,24,25). The van der Waals surface area contributed by atoms with Crippen LogP contribution in [0.3, 0.4) is 0 Å². The highest BCUT2D eigenvalue weighted by Gasteiger charge is 2.26. The number of amides is 1. The normalized spacial score (nSPS) is 18.6. The van der Waals surface area contributed by atoms with Crippen LogP contribution in [0.5, 0.6) is 0 Å². The van der Waals surface area contributed by atoms with Gasteiger partial charge in [0.2, 0.25) is 0 Å². The fraction of sp³-hybridized carbons (Fsp3) is 0.350. The van der Waals surface area contributed by atoms with Crippen molar-refractivity contribution in [3.8, 4) is 0 Å². The molecule has 3 N–H and O–H groups in total. The highest BCUT2D eigenvalue weighted by Crippen LogP contribution is 2.34. The van der Waals surface area contributed by atoms with Crippen molar-refractivity contribution >= 4 is 11.7 Å². The summed E-state index contributed by atoms with van der Waals surface area (Å²) in [5.74, 6) is 0.518. The van der Waals surface area contributed by atoms with E-state index >= 15 is 0 Å². The van der Waals surface area contributed by atoms with E-state index in [-0.39, 0.29) is 11.9 Å². The Morgan fingerprint density at radius 1 is 1.22 bits per heavy atom. The molecule has 1 atom stereocenters. The molecule has 0 radical (unpaired) electrons. The van der Waals surface area contributed by atoms with Crippen LogP contribution in [0, 0.1) is 0 Å². The first kappa shape index (κ1) is 16.3. The van der Waals surface area contributed by atoms with Gasteiger partial charge in [-0.05, 0) is 30.4 Å². The van der Waals surface area contributed by atoms with E-state index < -0.39 is 0 Å². The van der Waals surface area contributed by atoms with Crippen molar-refractivity contribution in [2.45, 2.75) is 38.3 Å². The molecule has 138 valence electrons. The van der Waals surface area contributed by atoms with Gasteiger partial charge < -0.3 is 10.6 Å². The number of aryl methyl sites for hydroxylation is 1. The zero-order chi connectivity index (χ0) is 18.2. The number of nitrogens with one attached hydrogen (secondary N) is 3. The Hall–Kier alpha value is -2.93. The van der Waals surface area contributed by atoms with E-state index in [1.54, 1.807) is 6.20 Å². The molecule has 0 spiro atoms. The maximum absolute atomic E-state index is 12.9. The van der Waals surface area contributed by atoms with Gasteiger partial charge in [-0.1, -0.05) is 24.3 Å². The average Bonchev–Trinajstić information content (AvgIpc) is 3.34. The van der Waals surface area contributed by atoms with E-state index in [0.717, 1.165) is 43.5 Å². The molecule has 0 fully saturated rings. The van der Waals surface area contributed by atoms with Crippen LogP contribution < -0.4 is 10.6 Å². The van der Waals surface area contributed by atoms with Gasteiger partial charge in [0.05, 0.1) is 12.2 Å². The average molecular weight is 362 g/mol. The van der Waals surface area contributed by atoms with E-state index in [1.165, 1.54) is 11.1 Å². The van der Waals surface area contributed by atoms with E-state index in [9.17, 15) is 4.79 Å². The molecular weight excluding hydrogens is 340 g/mol. The van der Waals surface area contributed by atoms with Crippen LogP contribution in [0.1, 0.15) is 51.8 Å². The maximum atomic E-state index is 12.9. The molecular formula is C20H22N6O. The second-order valence-corrected chi connectivity index (χ2v) is 7.18. The number of carbonyl (C=O) groups excluding carboxylic acids is 1. The van der Waals surface area contributed by atoms with Gasteiger partial charge in [0.15, 0.2) is 5.69 Å². The van der Waals surface area contributed by atoms with Crippen molar-refractivity contribution in [3.63, 3.8) is 0 Å². The minimum absolute atomic E-state index is 0.148. The molecule has 3 heterocycles. The minimum Gasteiger partial charge on any atom is -0.312 e. The molecule has 3 aromatic rings. The lowest BCUT2D eigenvalue weighted by Crippen LogP contribution is -2.26. The Morgan fingerprint density at radius 3 is 3.11 bits per heavy atom. The number of hydrogen-bond donors (Lipinski definition) is 3. The van der Waals surface area contributed by atoms with Crippen LogP contribution in [0.25, 0.3) is 0 Å². The van der Waals surface area contributed by atoms with Crippen molar-refractivity contribution in [3.05, 3.63) is 64.6 Å². The van der Waals surface area contributed by atoms with Crippen molar-refractivity contribution in [2.75, 3.05) is 11.9 Å². The van der Waals surface area contributed by atoms with Crippen LogP contribution in [0.15, 0.2) is 36.5 Å². The van der Waals surface area contributed by atoms with Crippen LogP contribution in [0.2, 0.25) is 0 Å². The molecule has 0 bridgehead atoms. The van der Waals surface area contributed by atoms with Crippen molar-refractivity contribution in [1.82, 2.24) is 25.3 Å². The van der Waals surface area contributed by atoms with Gasteiger partial charge in [-0.25, -0.2) is 4.68 Å². The molecule has 0 saturated carbocycles. The van der Waals surface area contributed by atoms with Crippen molar-refractivity contribution in [2.24, 2.45) is 0 Å². The largest absolute Gasteiger partial charge is 0.312 e. The van der Waals surface area contributed by atoms with Gasteiger partial charge >= 0.3 is 0 Å². The van der Waals surface area contributed by atoms with E-state index in [0.29, 0.717) is 18.1 Å². The van der Waals surface area contributed by atoms with Gasteiger partial charge in [0.1, 0.15) is 5.82 Å². The fourth-order valence-corrected chi connectivity index (χ4v) is 4.23. The molecule has 7 heteroatoms. The predicted molar refractivity (Wildman–Crippen MR) is 102 cm³/mol. The van der Waals surface area contributed by atoms with E-state index in [2.05, 4.69) is 50.2 Å². The highest BCUT2D eigenvalue weighted by atomic mass is 16.2. The summed E-state index contributed by atoms with van der Waals surface area (Å²) in [6, 6.07) is 10.5. The van der Waals surface area contributed by atoms with Gasteiger partial charge in [-0.15, -0.1) is 0 Å². The molecule has 2 aromatic heterocycles. The number of benzene rings is 1. The third kappa shape index (κ3) is 2.84. The number of anilines is 1. The second-order valence-electron chi connectivity index (χ2n) is 7.18. The SMILES string of the molecule is O=C(Nc1ccnn1C1CCCc2ccccc21)c1n[nH]c2c1CNCC2. The fourth-order valence-electron chi connectivity index (χ4n) is 4.23. The predicted octanol–water partition coefficient (Wildman–Crippen LogP) is 2.43. The summed E-state index contributed by atoms with van der Waals surface area (Å²) >= 11 is 0. The quantitative estimate of drug-likeness (QED) is 0.668. The lowest BCUT2D eigenvalue weighted by atomic mass is 9.88. The molecule has 0 saturated heterocycles. The Kier molecular flexibility index (Phi) is 4.01. The molecule has 5 rings (SSSR count).